The Kier molecular flexibility index (Phi) is 5.95. The molecule has 0 atom stereocenters. The predicted molar refractivity (Wildman–Crippen MR) is 98.5 cm³/mol. The van der Waals surface area contributed by atoms with Gasteiger partial charge in [-0.15, -0.1) is 0 Å². The van der Waals surface area contributed by atoms with Crippen LogP contribution in [-0.2, 0) is 4.79 Å². The number of hydrogen-bond donors (Lipinski definition) is 1. The summed E-state index contributed by atoms with van der Waals surface area (Å²) in [7, 11) is 0. The molecule has 0 heterocycles. The number of nitrogens with one attached hydrogen (secondary N) is 1. The van der Waals surface area contributed by atoms with Crippen LogP contribution < -0.4 is 10.1 Å². The summed E-state index contributed by atoms with van der Waals surface area (Å²) in [6.45, 7) is 3.42. The Bertz CT molecular complexity index is 786. The fourth-order valence-electron chi connectivity index (χ4n) is 2.05. The Morgan fingerprint density at radius 3 is 2.54 bits per heavy atom. The lowest BCUT2D eigenvalue weighted by atomic mass is 10.2. The minimum atomic E-state index is -0.506. The van der Waals surface area contributed by atoms with Crippen molar-refractivity contribution >= 4 is 49.1 Å². The van der Waals surface area contributed by atoms with Crippen molar-refractivity contribution in [3.63, 3.8) is 0 Å². The molecule has 1 amide bonds. The summed E-state index contributed by atoms with van der Waals surface area (Å²) in [6.07, 6.45) is 0. The molecule has 6 nitrogen and oxygen atoms in total. The molecule has 2 aromatic carbocycles. The number of benzene rings is 2. The van der Waals surface area contributed by atoms with Crippen LogP contribution in [0.3, 0.4) is 0 Å². The Balaban J connectivity index is 2.07. The molecule has 24 heavy (non-hydrogen) atoms. The zero-order valence-electron chi connectivity index (χ0n) is 12.9. The van der Waals surface area contributed by atoms with Gasteiger partial charge >= 0.3 is 0 Å². The molecule has 2 rings (SSSR count). The van der Waals surface area contributed by atoms with Crippen LogP contribution in [0.4, 0.5) is 11.4 Å². The third kappa shape index (κ3) is 4.55. The monoisotopic (exact) mass is 456 g/mol. The number of halogens is 2. The van der Waals surface area contributed by atoms with Gasteiger partial charge in [-0.3, -0.25) is 14.9 Å². The number of nitro benzene ring substituents is 1. The molecule has 0 bridgehead atoms. The first-order chi connectivity index (χ1) is 11.3. The lowest BCUT2D eigenvalue weighted by Gasteiger charge is -2.12. The number of rotatable bonds is 5. The molecule has 0 aromatic heterocycles. The maximum atomic E-state index is 12.1. The number of carbonyl (C=O) groups is 1. The summed E-state index contributed by atoms with van der Waals surface area (Å²) in [5, 5.41) is 13.5. The second kappa shape index (κ2) is 7.76. The molecule has 1 N–H and O–H groups in total. The van der Waals surface area contributed by atoms with E-state index in [1.165, 1.54) is 12.1 Å². The fraction of sp³-hybridized carbons (Fsp3) is 0.188. The van der Waals surface area contributed by atoms with Crippen molar-refractivity contribution in [1.82, 2.24) is 0 Å². The van der Waals surface area contributed by atoms with Crippen LogP contribution in [0, 0.1) is 24.0 Å². The zero-order valence-corrected chi connectivity index (χ0v) is 16.1. The number of carbonyl (C=O) groups excluding carboxylic acids is 1. The van der Waals surface area contributed by atoms with E-state index in [-0.39, 0.29) is 12.3 Å². The van der Waals surface area contributed by atoms with Crippen LogP contribution >= 0.6 is 31.9 Å². The van der Waals surface area contributed by atoms with Crippen LogP contribution in [0.15, 0.2) is 39.3 Å². The highest BCUT2D eigenvalue weighted by Crippen LogP contribution is 2.32. The normalized spacial score (nSPS) is 10.3. The maximum absolute atomic E-state index is 12.1. The van der Waals surface area contributed by atoms with Crippen molar-refractivity contribution in [2.75, 3.05) is 11.9 Å². The van der Waals surface area contributed by atoms with Crippen LogP contribution in [0.25, 0.3) is 0 Å². The number of non-ortho nitro benzene ring substituents is 1. The predicted octanol–water partition coefficient (Wildman–Crippen LogP) is 4.75. The molecule has 0 fully saturated rings. The largest absolute Gasteiger partial charge is 0.482 e. The molecule has 0 saturated heterocycles. The molecule has 0 saturated carbocycles. The van der Waals surface area contributed by atoms with Gasteiger partial charge in [0, 0.05) is 16.6 Å². The minimum Gasteiger partial charge on any atom is -0.482 e. The van der Waals surface area contributed by atoms with Crippen molar-refractivity contribution in [2.45, 2.75) is 13.8 Å². The molecule has 8 heteroatoms. The van der Waals surface area contributed by atoms with Gasteiger partial charge in [0.25, 0.3) is 11.6 Å². The summed E-state index contributed by atoms with van der Waals surface area (Å²) in [5.74, 6) is 0.178. The smallest absolute Gasteiger partial charge is 0.271 e. The van der Waals surface area contributed by atoms with Crippen LogP contribution in [0.2, 0.25) is 0 Å². The van der Waals surface area contributed by atoms with Gasteiger partial charge in [-0.05, 0) is 53.0 Å². The van der Waals surface area contributed by atoms with Gasteiger partial charge in [-0.25, -0.2) is 0 Å². The van der Waals surface area contributed by atoms with Crippen molar-refractivity contribution in [3.05, 3.63) is 60.5 Å². The Labute approximate surface area is 155 Å². The number of anilines is 1. The van der Waals surface area contributed by atoms with E-state index in [4.69, 9.17) is 4.74 Å². The average Bonchev–Trinajstić information content (AvgIpc) is 2.48. The summed E-state index contributed by atoms with van der Waals surface area (Å²) >= 11 is 6.77. The Morgan fingerprint density at radius 1 is 1.21 bits per heavy atom. The van der Waals surface area contributed by atoms with E-state index >= 15 is 0 Å². The number of ether oxygens (including phenoxy) is 1. The molecule has 0 unspecified atom stereocenters. The lowest BCUT2D eigenvalue weighted by Crippen LogP contribution is -2.21. The van der Waals surface area contributed by atoms with E-state index in [9.17, 15) is 14.9 Å². The third-order valence-electron chi connectivity index (χ3n) is 3.25. The van der Waals surface area contributed by atoms with Gasteiger partial charge in [0.15, 0.2) is 6.61 Å². The molecule has 0 aliphatic rings. The van der Waals surface area contributed by atoms with Gasteiger partial charge in [-0.2, -0.15) is 0 Å². The van der Waals surface area contributed by atoms with Gasteiger partial charge in [0.05, 0.1) is 15.1 Å². The quantitative estimate of drug-likeness (QED) is 0.518. The second-order valence-corrected chi connectivity index (χ2v) is 6.90. The first kappa shape index (κ1) is 18.4. The van der Waals surface area contributed by atoms with Crippen LogP contribution in [0.1, 0.15) is 11.1 Å². The molecule has 2 aromatic rings. The van der Waals surface area contributed by atoms with Gasteiger partial charge < -0.3 is 10.1 Å². The van der Waals surface area contributed by atoms with E-state index in [0.717, 1.165) is 20.1 Å². The van der Waals surface area contributed by atoms with E-state index in [1.54, 1.807) is 13.0 Å². The molecule has 126 valence electrons. The molecular weight excluding hydrogens is 444 g/mol. The Morgan fingerprint density at radius 2 is 1.92 bits per heavy atom. The molecule has 0 aliphatic heterocycles. The van der Waals surface area contributed by atoms with Crippen LogP contribution in [-0.4, -0.2) is 17.4 Å². The zero-order chi connectivity index (χ0) is 17.9. The van der Waals surface area contributed by atoms with Gasteiger partial charge in [-0.1, -0.05) is 22.0 Å². The number of hydrogen-bond acceptors (Lipinski definition) is 4. The topological polar surface area (TPSA) is 81.5 Å². The third-order valence-corrected chi connectivity index (χ3v) is 4.29. The van der Waals surface area contributed by atoms with Crippen molar-refractivity contribution in [1.29, 1.82) is 0 Å². The lowest BCUT2D eigenvalue weighted by molar-refractivity contribution is -0.384. The molecule has 0 radical (unpaired) electrons. The van der Waals surface area contributed by atoms with Gasteiger partial charge in [0.1, 0.15) is 5.75 Å². The SMILES string of the molecule is Cc1ccc([N+](=O)[O-])cc1NC(=O)COc1c(C)cc(Br)cc1Br. The van der Waals surface area contributed by atoms with Crippen LogP contribution in [0.5, 0.6) is 5.75 Å². The first-order valence-corrected chi connectivity index (χ1v) is 8.50. The Hall–Kier alpha value is -1.93. The summed E-state index contributed by atoms with van der Waals surface area (Å²) in [6, 6.07) is 8.01. The average molecular weight is 458 g/mol. The van der Waals surface area contributed by atoms with E-state index in [0.29, 0.717) is 11.4 Å². The number of nitro groups is 1. The minimum absolute atomic E-state index is 0.0803. The van der Waals surface area contributed by atoms with Crippen molar-refractivity contribution in [2.24, 2.45) is 0 Å². The van der Waals surface area contributed by atoms with E-state index < -0.39 is 10.8 Å². The molecule has 0 aliphatic carbocycles. The highest BCUT2D eigenvalue weighted by molar-refractivity contribution is 9.11. The first-order valence-electron chi connectivity index (χ1n) is 6.91. The summed E-state index contributed by atoms with van der Waals surface area (Å²) < 4.78 is 7.19. The highest BCUT2D eigenvalue weighted by atomic mass is 79.9. The number of amides is 1. The summed E-state index contributed by atoms with van der Waals surface area (Å²) in [5.41, 5.74) is 1.92. The number of aryl methyl sites for hydroxylation is 2. The van der Waals surface area contributed by atoms with E-state index in [2.05, 4.69) is 37.2 Å². The van der Waals surface area contributed by atoms with E-state index in [1.807, 2.05) is 19.1 Å². The van der Waals surface area contributed by atoms with Gasteiger partial charge in [0.2, 0.25) is 0 Å². The second-order valence-electron chi connectivity index (χ2n) is 5.13. The highest BCUT2D eigenvalue weighted by Gasteiger charge is 2.13. The maximum Gasteiger partial charge on any atom is 0.271 e. The molecular formula is C16H14Br2N2O4. The summed E-state index contributed by atoms with van der Waals surface area (Å²) in [4.78, 5) is 22.4. The number of nitrogens with zero attached hydrogens (tertiary/aromatic N) is 1. The fourth-order valence-corrected chi connectivity index (χ4v) is 3.61. The molecule has 0 spiro atoms. The standard InChI is InChI=1S/C16H14Br2N2O4/c1-9-3-4-12(20(22)23)7-14(9)19-15(21)8-24-16-10(2)5-11(17)6-13(16)18/h3-7H,8H2,1-2H3,(H,19,21). The van der Waals surface area contributed by atoms with Crippen molar-refractivity contribution in [3.8, 4) is 5.75 Å². The van der Waals surface area contributed by atoms with Crippen molar-refractivity contribution < 1.29 is 14.5 Å².